The van der Waals surface area contributed by atoms with Crippen molar-refractivity contribution in [2.24, 2.45) is 0 Å². The van der Waals surface area contributed by atoms with Crippen LogP contribution in [0.15, 0.2) is 54.6 Å². The van der Waals surface area contributed by atoms with Crippen LogP contribution in [-0.2, 0) is 5.11 Å². The minimum atomic E-state index is -1.32. The molecule has 0 aliphatic rings. The number of para-hydroxylation sites is 2. The lowest BCUT2D eigenvalue weighted by atomic mass is 10.2. The Balaban J connectivity index is 2.51. The zero-order valence-electron chi connectivity index (χ0n) is 8.84. The molecule has 2 aromatic rings. The third-order valence-corrected chi connectivity index (χ3v) is 2.61. The fraction of sp³-hybridized carbons (Fsp3) is 0. The SMILES string of the molecule is [O]C(=O)N(c1ccccc1)c1ccccc1Cl. The van der Waals surface area contributed by atoms with Gasteiger partial charge in [-0.05, 0) is 24.3 Å². The van der Waals surface area contributed by atoms with E-state index in [1.807, 2.05) is 6.07 Å². The van der Waals surface area contributed by atoms with Crippen molar-refractivity contribution in [2.75, 3.05) is 4.90 Å². The molecule has 0 aliphatic carbocycles. The van der Waals surface area contributed by atoms with E-state index in [4.69, 9.17) is 11.6 Å². The van der Waals surface area contributed by atoms with E-state index in [0.717, 1.165) is 4.90 Å². The van der Waals surface area contributed by atoms with Gasteiger partial charge in [0.25, 0.3) is 0 Å². The van der Waals surface area contributed by atoms with Crippen LogP contribution in [0.1, 0.15) is 0 Å². The molecule has 2 rings (SSSR count). The van der Waals surface area contributed by atoms with Crippen molar-refractivity contribution in [3.8, 4) is 0 Å². The van der Waals surface area contributed by atoms with Crippen molar-refractivity contribution in [3.05, 3.63) is 59.6 Å². The molecule has 2 aromatic carbocycles. The summed E-state index contributed by atoms with van der Waals surface area (Å²) in [5.74, 6) is 0. The molecule has 17 heavy (non-hydrogen) atoms. The first-order chi connectivity index (χ1) is 8.20. The highest BCUT2D eigenvalue weighted by Crippen LogP contribution is 2.31. The standard InChI is InChI=1S/C13H9ClNO2/c14-11-8-4-5-9-12(11)15(13(16)17)10-6-2-1-3-7-10/h1-9H. The average molecular weight is 247 g/mol. The summed E-state index contributed by atoms with van der Waals surface area (Å²) in [5.41, 5.74) is 0.890. The predicted octanol–water partition coefficient (Wildman–Crippen LogP) is 4.03. The fourth-order valence-electron chi connectivity index (χ4n) is 1.55. The first kappa shape index (κ1) is 11.5. The van der Waals surface area contributed by atoms with Crippen molar-refractivity contribution >= 4 is 29.1 Å². The molecule has 0 N–H and O–H groups in total. The number of carbonyl (C=O) groups is 1. The molecule has 0 heterocycles. The minimum Gasteiger partial charge on any atom is -0.242 e. The van der Waals surface area contributed by atoms with Gasteiger partial charge in [0.05, 0.1) is 16.4 Å². The molecule has 1 amide bonds. The highest BCUT2D eigenvalue weighted by molar-refractivity contribution is 6.34. The molecule has 0 saturated carbocycles. The zero-order valence-corrected chi connectivity index (χ0v) is 9.59. The molecular weight excluding hydrogens is 238 g/mol. The first-order valence-corrected chi connectivity index (χ1v) is 5.38. The summed E-state index contributed by atoms with van der Waals surface area (Å²) in [6.07, 6.45) is -1.32. The van der Waals surface area contributed by atoms with E-state index in [-0.39, 0.29) is 0 Å². The smallest absolute Gasteiger partial charge is 0.242 e. The molecule has 1 radical (unpaired) electrons. The summed E-state index contributed by atoms with van der Waals surface area (Å²) < 4.78 is 0. The van der Waals surface area contributed by atoms with Crippen molar-refractivity contribution in [1.29, 1.82) is 0 Å². The molecule has 85 valence electrons. The van der Waals surface area contributed by atoms with Crippen LogP contribution in [0.4, 0.5) is 16.2 Å². The van der Waals surface area contributed by atoms with E-state index in [2.05, 4.69) is 0 Å². The maximum atomic E-state index is 11.2. The van der Waals surface area contributed by atoms with Crippen LogP contribution in [0.5, 0.6) is 0 Å². The summed E-state index contributed by atoms with van der Waals surface area (Å²) in [6.45, 7) is 0. The van der Waals surface area contributed by atoms with Gasteiger partial charge in [-0.1, -0.05) is 41.9 Å². The van der Waals surface area contributed by atoms with Crippen LogP contribution in [-0.4, -0.2) is 6.09 Å². The zero-order chi connectivity index (χ0) is 12.3. The van der Waals surface area contributed by atoms with Gasteiger partial charge in [-0.25, -0.2) is 14.8 Å². The quantitative estimate of drug-likeness (QED) is 0.789. The summed E-state index contributed by atoms with van der Waals surface area (Å²) >= 11 is 5.98. The Hall–Kier alpha value is -2.00. The Morgan fingerprint density at radius 1 is 0.941 bits per heavy atom. The van der Waals surface area contributed by atoms with Crippen molar-refractivity contribution in [2.45, 2.75) is 0 Å². The molecule has 4 heteroatoms. The lowest BCUT2D eigenvalue weighted by Crippen LogP contribution is -2.22. The number of hydrogen-bond donors (Lipinski definition) is 0. The summed E-state index contributed by atoms with van der Waals surface area (Å²) in [5, 5.41) is 11.6. The summed E-state index contributed by atoms with van der Waals surface area (Å²) in [6, 6.07) is 15.4. The number of nitrogens with zero attached hydrogens (tertiary/aromatic N) is 1. The van der Waals surface area contributed by atoms with Gasteiger partial charge in [0.1, 0.15) is 0 Å². The van der Waals surface area contributed by atoms with Crippen LogP contribution < -0.4 is 4.90 Å². The second-order valence-corrected chi connectivity index (χ2v) is 3.80. The summed E-state index contributed by atoms with van der Waals surface area (Å²) in [4.78, 5) is 12.3. The molecule has 0 atom stereocenters. The van der Waals surface area contributed by atoms with E-state index >= 15 is 0 Å². The van der Waals surface area contributed by atoms with Gasteiger partial charge in [0, 0.05) is 0 Å². The maximum absolute atomic E-state index is 11.2. The van der Waals surface area contributed by atoms with Gasteiger partial charge < -0.3 is 0 Å². The molecule has 0 fully saturated rings. The lowest BCUT2D eigenvalue weighted by Gasteiger charge is -2.19. The lowest BCUT2D eigenvalue weighted by molar-refractivity contribution is 0.179. The van der Waals surface area contributed by atoms with E-state index in [0.29, 0.717) is 16.4 Å². The number of carbonyl (C=O) groups excluding carboxylic acids is 1. The normalized spacial score (nSPS) is 9.94. The Labute approximate surface area is 104 Å². The second-order valence-electron chi connectivity index (χ2n) is 3.39. The molecule has 0 aromatic heterocycles. The van der Waals surface area contributed by atoms with Crippen LogP contribution in [0.25, 0.3) is 0 Å². The number of halogens is 1. The van der Waals surface area contributed by atoms with Gasteiger partial charge in [-0.3, -0.25) is 0 Å². The van der Waals surface area contributed by atoms with Gasteiger partial charge in [0.2, 0.25) is 0 Å². The van der Waals surface area contributed by atoms with E-state index in [1.54, 1.807) is 48.5 Å². The number of benzene rings is 2. The van der Waals surface area contributed by atoms with Gasteiger partial charge in [-0.2, -0.15) is 0 Å². The molecule has 0 aliphatic heterocycles. The number of hydrogen-bond acceptors (Lipinski definition) is 1. The Morgan fingerprint density at radius 3 is 2.12 bits per heavy atom. The topological polar surface area (TPSA) is 40.2 Å². The highest BCUT2D eigenvalue weighted by atomic mass is 35.5. The van der Waals surface area contributed by atoms with E-state index in [9.17, 15) is 9.90 Å². The Morgan fingerprint density at radius 2 is 1.53 bits per heavy atom. The van der Waals surface area contributed by atoms with Gasteiger partial charge in [0.15, 0.2) is 0 Å². The van der Waals surface area contributed by atoms with Crippen LogP contribution in [0.2, 0.25) is 5.02 Å². The largest absolute Gasteiger partial charge is 0.462 e. The number of amides is 1. The fourth-order valence-corrected chi connectivity index (χ4v) is 1.77. The molecule has 0 unspecified atom stereocenters. The monoisotopic (exact) mass is 246 g/mol. The van der Waals surface area contributed by atoms with Crippen molar-refractivity contribution < 1.29 is 9.90 Å². The molecular formula is C13H9ClNO2. The molecule has 3 nitrogen and oxygen atoms in total. The Kier molecular flexibility index (Phi) is 3.30. The highest BCUT2D eigenvalue weighted by Gasteiger charge is 2.20. The van der Waals surface area contributed by atoms with Gasteiger partial charge in [-0.15, -0.1) is 0 Å². The van der Waals surface area contributed by atoms with E-state index < -0.39 is 6.09 Å². The number of anilines is 2. The second kappa shape index (κ2) is 4.89. The van der Waals surface area contributed by atoms with Crippen molar-refractivity contribution in [1.82, 2.24) is 0 Å². The van der Waals surface area contributed by atoms with Gasteiger partial charge >= 0.3 is 6.09 Å². The number of rotatable bonds is 2. The predicted molar refractivity (Wildman–Crippen MR) is 66.1 cm³/mol. The minimum absolute atomic E-state index is 0.362. The third-order valence-electron chi connectivity index (χ3n) is 2.29. The maximum Gasteiger partial charge on any atom is 0.462 e. The Bertz CT molecular complexity index is 528. The van der Waals surface area contributed by atoms with Crippen LogP contribution in [0.3, 0.4) is 0 Å². The van der Waals surface area contributed by atoms with Crippen LogP contribution in [0, 0.1) is 0 Å². The molecule has 0 spiro atoms. The third kappa shape index (κ3) is 2.40. The first-order valence-electron chi connectivity index (χ1n) is 5.01. The van der Waals surface area contributed by atoms with Crippen LogP contribution >= 0.6 is 11.6 Å². The molecule has 0 bridgehead atoms. The van der Waals surface area contributed by atoms with Crippen molar-refractivity contribution in [3.63, 3.8) is 0 Å². The summed E-state index contributed by atoms with van der Waals surface area (Å²) in [7, 11) is 0. The average Bonchev–Trinajstić information content (AvgIpc) is 2.33. The van der Waals surface area contributed by atoms with E-state index in [1.165, 1.54) is 0 Å². The molecule has 0 saturated heterocycles.